The zero-order valence-corrected chi connectivity index (χ0v) is 18.7. The van der Waals surface area contributed by atoms with E-state index in [9.17, 15) is 13.9 Å². The standard InChI is InChI=1S/C25H22F2N6O2/c1-32-12-18(8-30-32)15-2-3-24-22(11-31-33(24)13-15)16-4-17(25-23(27)7-19(26)9-29-25)6-20(5-16)28-10-21(35)14-34/h2-9,11-13,21,28,34-35H,10,14H2,1H3. The number of anilines is 1. The van der Waals surface area contributed by atoms with Crippen molar-refractivity contribution in [2.24, 2.45) is 7.05 Å². The van der Waals surface area contributed by atoms with E-state index in [1.54, 1.807) is 33.7 Å². The largest absolute Gasteiger partial charge is 0.394 e. The summed E-state index contributed by atoms with van der Waals surface area (Å²) >= 11 is 0. The average molecular weight is 476 g/mol. The molecule has 35 heavy (non-hydrogen) atoms. The summed E-state index contributed by atoms with van der Waals surface area (Å²) in [5.41, 5.74) is 5.23. The van der Waals surface area contributed by atoms with Gasteiger partial charge < -0.3 is 15.5 Å². The lowest BCUT2D eigenvalue weighted by Crippen LogP contribution is -2.22. The summed E-state index contributed by atoms with van der Waals surface area (Å²) in [5, 5.41) is 30.6. The van der Waals surface area contributed by atoms with Crippen LogP contribution in [0.2, 0.25) is 0 Å². The van der Waals surface area contributed by atoms with Gasteiger partial charge >= 0.3 is 0 Å². The minimum atomic E-state index is -0.967. The summed E-state index contributed by atoms with van der Waals surface area (Å²) in [4.78, 5) is 3.94. The van der Waals surface area contributed by atoms with E-state index in [0.717, 1.165) is 40.0 Å². The highest BCUT2D eigenvalue weighted by Crippen LogP contribution is 2.33. The van der Waals surface area contributed by atoms with Gasteiger partial charge in [-0.15, -0.1) is 0 Å². The molecule has 0 radical (unpaired) electrons. The molecule has 5 aromatic rings. The lowest BCUT2D eigenvalue weighted by Gasteiger charge is -2.14. The Bertz CT molecular complexity index is 1510. The highest BCUT2D eigenvalue weighted by Gasteiger charge is 2.15. The van der Waals surface area contributed by atoms with Gasteiger partial charge in [0.1, 0.15) is 11.5 Å². The summed E-state index contributed by atoms with van der Waals surface area (Å²) in [5.74, 6) is -1.55. The van der Waals surface area contributed by atoms with Crippen LogP contribution in [0.1, 0.15) is 0 Å². The predicted octanol–water partition coefficient (Wildman–Crippen LogP) is 3.51. The quantitative estimate of drug-likeness (QED) is 0.333. The fourth-order valence-electron chi connectivity index (χ4n) is 3.90. The molecule has 0 saturated carbocycles. The topological polar surface area (TPSA) is 100 Å². The van der Waals surface area contributed by atoms with Crippen molar-refractivity contribution < 1.29 is 19.0 Å². The number of hydrogen-bond acceptors (Lipinski definition) is 6. The molecule has 178 valence electrons. The first-order valence-corrected chi connectivity index (χ1v) is 10.9. The van der Waals surface area contributed by atoms with Gasteiger partial charge in [0, 0.05) is 60.0 Å². The van der Waals surface area contributed by atoms with Crippen LogP contribution in [0.5, 0.6) is 0 Å². The number of fused-ring (bicyclic) bond motifs is 1. The third kappa shape index (κ3) is 4.61. The first-order valence-electron chi connectivity index (χ1n) is 10.9. The number of hydrogen-bond donors (Lipinski definition) is 3. The van der Waals surface area contributed by atoms with Gasteiger partial charge in [-0.3, -0.25) is 9.67 Å². The molecule has 0 aliphatic heterocycles. The number of rotatable bonds is 7. The maximum atomic E-state index is 14.6. The third-order valence-electron chi connectivity index (χ3n) is 5.63. The van der Waals surface area contributed by atoms with E-state index in [-0.39, 0.29) is 12.2 Å². The molecule has 0 amide bonds. The number of aliphatic hydroxyl groups excluding tert-OH is 2. The molecular weight excluding hydrogens is 454 g/mol. The Kier molecular flexibility index (Phi) is 5.98. The van der Waals surface area contributed by atoms with Gasteiger partial charge in [-0.25, -0.2) is 13.3 Å². The molecule has 3 N–H and O–H groups in total. The lowest BCUT2D eigenvalue weighted by molar-refractivity contribution is 0.105. The van der Waals surface area contributed by atoms with Crippen molar-refractivity contribution in [3.8, 4) is 33.5 Å². The van der Waals surface area contributed by atoms with Crippen molar-refractivity contribution in [3.05, 3.63) is 79.0 Å². The van der Waals surface area contributed by atoms with Gasteiger partial charge in [-0.05, 0) is 29.8 Å². The first kappa shape index (κ1) is 22.6. The monoisotopic (exact) mass is 476 g/mol. The summed E-state index contributed by atoms with van der Waals surface area (Å²) in [6.45, 7) is -0.317. The van der Waals surface area contributed by atoms with Crippen LogP contribution in [0.15, 0.2) is 67.4 Å². The van der Waals surface area contributed by atoms with Gasteiger partial charge in [-0.1, -0.05) is 6.07 Å². The molecule has 0 bridgehead atoms. The SMILES string of the molecule is Cn1cc(-c2ccc3c(-c4cc(NCC(O)CO)cc(-c5ncc(F)cc5F)c4)cnn3c2)cn1. The van der Waals surface area contributed by atoms with Gasteiger partial charge in [-0.2, -0.15) is 10.2 Å². The highest BCUT2D eigenvalue weighted by molar-refractivity contribution is 5.85. The van der Waals surface area contributed by atoms with Crippen LogP contribution >= 0.6 is 0 Å². The number of benzene rings is 1. The maximum absolute atomic E-state index is 14.6. The predicted molar refractivity (Wildman–Crippen MR) is 128 cm³/mol. The Morgan fingerprint density at radius 2 is 1.77 bits per heavy atom. The Labute approximate surface area is 199 Å². The zero-order valence-electron chi connectivity index (χ0n) is 18.7. The molecular formula is C25H22F2N6O2. The minimum absolute atomic E-state index is 0.00524. The van der Waals surface area contributed by atoms with E-state index in [1.807, 2.05) is 37.6 Å². The van der Waals surface area contributed by atoms with Crippen molar-refractivity contribution in [1.82, 2.24) is 24.4 Å². The molecule has 8 nitrogen and oxygen atoms in total. The van der Waals surface area contributed by atoms with E-state index >= 15 is 0 Å². The number of aryl methyl sites for hydroxylation is 1. The highest BCUT2D eigenvalue weighted by atomic mass is 19.1. The molecule has 10 heteroatoms. The summed E-state index contributed by atoms with van der Waals surface area (Å²) in [6, 6.07) is 9.94. The number of aliphatic hydroxyl groups is 2. The number of nitrogens with zero attached hydrogens (tertiary/aromatic N) is 5. The summed E-state index contributed by atoms with van der Waals surface area (Å²) < 4.78 is 31.5. The van der Waals surface area contributed by atoms with Crippen LogP contribution in [-0.2, 0) is 7.05 Å². The first-order chi connectivity index (χ1) is 16.9. The molecule has 4 heterocycles. The molecule has 0 fully saturated rings. The summed E-state index contributed by atoms with van der Waals surface area (Å²) in [7, 11) is 1.85. The number of nitrogens with one attached hydrogen (secondary N) is 1. The Hall–Kier alpha value is -4.15. The van der Waals surface area contributed by atoms with Crippen LogP contribution in [0.25, 0.3) is 39.0 Å². The molecule has 4 aromatic heterocycles. The number of aromatic nitrogens is 5. The van der Waals surface area contributed by atoms with E-state index in [1.165, 1.54) is 0 Å². The van der Waals surface area contributed by atoms with E-state index < -0.39 is 24.3 Å². The minimum Gasteiger partial charge on any atom is -0.394 e. The Balaban J connectivity index is 1.59. The average Bonchev–Trinajstić information content (AvgIpc) is 3.48. The van der Waals surface area contributed by atoms with E-state index in [0.29, 0.717) is 11.3 Å². The summed E-state index contributed by atoms with van der Waals surface area (Å²) in [6.07, 6.45) is 7.30. The van der Waals surface area contributed by atoms with Crippen LogP contribution in [0.3, 0.4) is 0 Å². The maximum Gasteiger partial charge on any atom is 0.152 e. The fourth-order valence-corrected chi connectivity index (χ4v) is 3.90. The van der Waals surface area contributed by atoms with Crippen LogP contribution in [-0.4, -0.2) is 53.8 Å². The second-order valence-corrected chi connectivity index (χ2v) is 8.21. The van der Waals surface area contributed by atoms with Crippen molar-refractivity contribution in [1.29, 1.82) is 0 Å². The molecule has 0 aliphatic rings. The third-order valence-corrected chi connectivity index (χ3v) is 5.63. The van der Waals surface area contributed by atoms with Crippen molar-refractivity contribution >= 4 is 11.2 Å². The van der Waals surface area contributed by atoms with Gasteiger partial charge in [0.05, 0.1) is 36.8 Å². The van der Waals surface area contributed by atoms with E-state index in [4.69, 9.17) is 5.11 Å². The van der Waals surface area contributed by atoms with Crippen LogP contribution < -0.4 is 5.32 Å². The second kappa shape index (κ2) is 9.24. The van der Waals surface area contributed by atoms with Gasteiger partial charge in [0.2, 0.25) is 0 Å². The molecule has 1 atom stereocenters. The number of halogens is 2. The molecule has 0 saturated heterocycles. The molecule has 0 spiro atoms. The lowest BCUT2D eigenvalue weighted by atomic mass is 10.0. The second-order valence-electron chi connectivity index (χ2n) is 8.21. The molecule has 1 aromatic carbocycles. The van der Waals surface area contributed by atoms with Crippen molar-refractivity contribution in [3.63, 3.8) is 0 Å². The van der Waals surface area contributed by atoms with Gasteiger partial charge in [0.15, 0.2) is 5.82 Å². The normalized spacial score (nSPS) is 12.3. The zero-order chi connectivity index (χ0) is 24.5. The van der Waals surface area contributed by atoms with E-state index in [2.05, 4.69) is 20.5 Å². The van der Waals surface area contributed by atoms with Crippen molar-refractivity contribution in [2.75, 3.05) is 18.5 Å². The van der Waals surface area contributed by atoms with Gasteiger partial charge in [0.25, 0.3) is 0 Å². The van der Waals surface area contributed by atoms with Crippen LogP contribution in [0, 0.1) is 11.6 Å². The molecule has 1 unspecified atom stereocenters. The smallest absolute Gasteiger partial charge is 0.152 e. The van der Waals surface area contributed by atoms with Crippen LogP contribution in [0.4, 0.5) is 14.5 Å². The fraction of sp³-hybridized carbons (Fsp3) is 0.160. The number of pyridine rings is 2. The van der Waals surface area contributed by atoms with Crippen molar-refractivity contribution in [2.45, 2.75) is 6.10 Å². The molecule has 5 rings (SSSR count). The Morgan fingerprint density at radius 3 is 2.51 bits per heavy atom. The Morgan fingerprint density at radius 1 is 0.943 bits per heavy atom. The molecule has 0 aliphatic carbocycles.